The molecule has 1 aliphatic heterocycles. The van der Waals surface area contributed by atoms with Crippen LogP contribution >= 0.6 is 0 Å². The fraction of sp³-hybridized carbons (Fsp3) is 0.567. The summed E-state index contributed by atoms with van der Waals surface area (Å²) in [5.74, 6) is -2.72. The Morgan fingerprint density at radius 3 is 2.27 bits per heavy atom. The van der Waals surface area contributed by atoms with Crippen molar-refractivity contribution in [2.45, 2.75) is 103 Å². The Morgan fingerprint density at radius 2 is 1.68 bits per heavy atom. The molecular weight excluding hydrogens is 524 g/mol. The number of urea groups is 1. The minimum Gasteiger partial charge on any atom is -0.480 e. The zero-order valence-corrected chi connectivity index (χ0v) is 24.5. The second-order valence-corrected chi connectivity index (χ2v) is 11.3. The summed E-state index contributed by atoms with van der Waals surface area (Å²) in [7, 11) is 0. The van der Waals surface area contributed by atoms with Crippen LogP contribution in [0, 0.1) is 17.2 Å². The number of carbonyl (C=O) groups is 4. The summed E-state index contributed by atoms with van der Waals surface area (Å²) in [6.07, 6.45) is 3.49. The Hall–Kier alpha value is -4.07. The van der Waals surface area contributed by atoms with Crippen molar-refractivity contribution in [3.8, 4) is 6.07 Å². The number of rotatable bonds is 11. The number of nitriles is 1. The lowest BCUT2D eigenvalue weighted by molar-refractivity contribution is -0.142. The second kappa shape index (κ2) is 14.0. The number of nitrogens with one attached hydrogen (secondary N) is 4. The number of benzene rings is 1. The summed E-state index contributed by atoms with van der Waals surface area (Å²) in [6, 6.07) is 5.83. The lowest BCUT2D eigenvalue weighted by Gasteiger charge is -2.40. The van der Waals surface area contributed by atoms with Gasteiger partial charge in [-0.2, -0.15) is 5.26 Å². The molecule has 0 aliphatic carbocycles. The maximum Gasteiger partial charge on any atom is 0.326 e. The first-order chi connectivity index (χ1) is 19.5. The van der Waals surface area contributed by atoms with Gasteiger partial charge >= 0.3 is 12.0 Å². The fourth-order valence-corrected chi connectivity index (χ4v) is 5.56. The molecule has 0 bridgehead atoms. The summed E-state index contributed by atoms with van der Waals surface area (Å²) in [5, 5.41) is 28.3. The van der Waals surface area contributed by atoms with Gasteiger partial charge in [0.25, 0.3) is 0 Å². The Morgan fingerprint density at radius 1 is 1.05 bits per heavy atom. The summed E-state index contributed by atoms with van der Waals surface area (Å²) in [4.78, 5) is 57.0. The number of carboxylic acids is 1. The molecule has 0 spiro atoms. The Balaban J connectivity index is 1.90. The third-order valence-electron chi connectivity index (χ3n) is 7.81. The molecule has 2 aromatic rings. The van der Waals surface area contributed by atoms with Crippen LogP contribution < -0.4 is 16.0 Å². The van der Waals surface area contributed by atoms with Crippen molar-refractivity contribution in [3.63, 3.8) is 0 Å². The van der Waals surface area contributed by atoms with E-state index in [1.807, 2.05) is 45.0 Å². The highest BCUT2D eigenvalue weighted by Gasteiger charge is 2.35. The lowest BCUT2D eigenvalue weighted by atomic mass is 9.97. The van der Waals surface area contributed by atoms with Gasteiger partial charge in [-0.05, 0) is 57.1 Å². The van der Waals surface area contributed by atoms with Crippen molar-refractivity contribution in [2.75, 3.05) is 0 Å². The highest BCUT2D eigenvalue weighted by Crippen LogP contribution is 2.25. The van der Waals surface area contributed by atoms with E-state index in [1.54, 1.807) is 18.7 Å². The van der Waals surface area contributed by atoms with Crippen molar-refractivity contribution in [1.82, 2.24) is 25.8 Å². The van der Waals surface area contributed by atoms with Gasteiger partial charge in [-0.1, -0.05) is 45.4 Å². The standard InChI is InChI=1S/C30H42N6O5/c1-6-10-23(29(39)40)33-27(37)24(15-21-20-13-7-8-14-22(20)32-25(21)16-31)34-28(38)26(17(2)3)35-30(41)36-18(4)11-9-12-19(36)5/h7-8,13-14,17-19,23-24,26,32H,6,9-12,15H2,1-5H3,(H,33,37)(H,34,38)(H,35,41)(H,39,40)/t18-,19+,23?,24-,26?/m1/s1. The van der Waals surface area contributed by atoms with Gasteiger partial charge in [0, 0.05) is 29.4 Å². The van der Waals surface area contributed by atoms with E-state index in [1.165, 1.54) is 0 Å². The maximum absolute atomic E-state index is 13.7. The molecule has 3 rings (SSSR count). The average molecular weight is 567 g/mol. The first kappa shape index (κ1) is 31.5. The summed E-state index contributed by atoms with van der Waals surface area (Å²) < 4.78 is 0. The van der Waals surface area contributed by atoms with Gasteiger partial charge in [-0.25, -0.2) is 9.59 Å². The van der Waals surface area contributed by atoms with Crippen LogP contribution in [0.5, 0.6) is 0 Å². The Labute approximate surface area is 241 Å². The van der Waals surface area contributed by atoms with E-state index in [0.717, 1.165) is 24.6 Å². The number of piperidine rings is 1. The first-order valence-electron chi connectivity index (χ1n) is 14.4. The first-order valence-corrected chi connectivity index (χ1v) is 14.4. The molecule has 11 nitrogen and oxygen atoms in total. The average Bonchev–Trinajstić information content (AvgIpc) is 3.28. The maximum atomic E-state index is 13.7. The van der Waals surface area contributed by atoms with Crippen molar-refractivity contribution in [3.05, 3.63) is 35.5 Å². The number of aromatic nitrogens is 1. The number of carboxylic acid groups (broad SMARTS) is 1. The molecule has 1 aromatic heterocycles. The van der Waals surface area contributed by atoms with E-state index < -0.39 is 35.9 Å². The number of H-pyrrole nitrogens is 1. The monoisotopic (exact) mass is 566 g/mol. The van der Waals surface area contributed by atoms with Gasteiger partial charge in [0.2, 0.25) is 11.8 Å². The zero-order valence-electron chi connectivity index (χ0n) is 24.5. The van der Waals surface area contributed by atoms with Crippen LogP contribution in [0.2, 0.25) is 0 Å². The summed E-state index contributed by atoms with van der Waals surface area (Å²) in [6.45, 7) is 9.40. The molecule has 5 N–H and O–H groups in total. The van der Waals surface area contributed by atoms with E-state index in [9.17, 15) is 29.5 Å². The molecular formula is C30H42N6O5. The molecule has 0 radical (unpaired) electrons. The molecule has 11 heteroatoms. The normalized spacial score (nSPS) is 19.2. The topological polar surface area (TPSA) is 167 Å². The van der Waals surface area contributed by atoms with E-state index in [4.69, 9.17) is 0 Å². The van der Waals surface area contributed by atoms with Crippen LogP contribution in [-0.2, 0) is 20.8 Å². The van der Waals surface area contributed by atoms with Gasteiger partial charge in [-0.15, -0.1) is 0 Å². The molecule has 1 aromatic carbocycles. The van der Waals surface area contributed by atoms with E-state index >= 15 is 0 Å². The van der Waals surface area contributed by atoms with Crippen LogP contribution in [0.4, 0.5) is 4.79 Å². The number of likely N-dealkylation sites (tertiary alicyclic amines) is 1. The second-order valence-electron chi connectivity index (χ2n) is 11.3. The summed E-state index contributed by atoms with van der Waals surface area (Å²) in [5.41, 5.74) is 1.49. The third kappa shape index (κ3) is 7.57. The zero-order chi connectivity index (χ0) is 30.3. The molecule has 1 fully saturated rings. The van der Waals surface area contributed by atoms with Gasteiger partial charge in [0.05, 0.1) is 0 Å². The molecule has 0 saturated carbocycles. The van der Waals surface area contributed by atoms with E-state index in [2.05, 4.69) is 27.0 Å². The molecule has 2 heterocycles. The minimum absolute atomic E-state index is 0.0333. The Kier molecular flexibility index (Phi) is 10.8. The number of fused-ring (bicyclic) bond motifs is 1. The van der Waals surface area contributed by atoms with Gasteiger partial charge in [0.15, 0.2) is 0 Å². The number of amides is 4. The molecule has 4 amide bonds. The number of aromatic amines is 1. The number of hydrogen-bond acceptors (Lipinski definition) is 5. The van der Waals surface area contributed by atoms with E-state index in [-0.39, 0.29) is 42.6 Å². The number of para-hydroxylation sites is 1. The lowest BCUT2D eigenvalue weighted by Crippen LogP contribution is -2.60. The molecule has 222 valence electrons. The predicted molar refractivity (Wildman–Crippen MR) is 155 cm³/mol. The number of carbonyl (C=O) groups excluding carboxylic acids is 3. The molecule has 41 heavy (non-hydrogen) atoms. The minimum atomic E-state index is -1.20. The summed E-state index contributed by atoms with van der Waals surface area (Å²) >= 11 is 0. The molecule has 1 aliphatic rings. The van der Waals surface area contributed by atoms with Crippen molar-refractivity contribution in [1.29, 1.82) is 5.26 Å². The van der Waals surface area contributed by atoms with Gasteiger partial charge in [0.1, 0.15) is 29.9 Å². The van der Waals surface area contributed by atoms with E-state index in [0.29, 0.717) is 17.5 Å². The van der Waals surface area contributed by atoms with Crippen LogP contribution in [0.3, 0.4) is 0 Å². The van der Waals surface area contributed by atoms with Crippen molar-refractivity contribution >= 4 is 34.7 Å². The highest BCUT2D eigenvalue weighted by atomic mass is 16.4. The predicted octanol–water partition coefficient (Wildman–Crippen LogP) is 3.43. The van der Waals surface area contributed by atoms with Crippen LogP contribution in [-0.4, -0.2) is 69.0 Å². The SMILES string of the molecule is CCCC(NC(=O)[C@@H](Cc1c(C#N)[nH]c2ccccc12)NC(=O)C(NC(=O)N1[C@H](C)CCC[C@@H]1C)C(C)C)C(=O)O. The number of hydrogen-bond donors (Lipinski definition) is 5. The van der Waals surface area contributed by atoms with Crippen LogP contribution in [0.15, 0.2) is 24.3 Å². The van der Waals surface area contributed by atoms with Gasteiger partial charge < -0.3 is 30.9 Å². The number of aliphatic carboxylic acids is 1. The fourth-order valence-electron chi connectivity index (χ4n) is 5.56. The third-order valence-corrected chi connectivity index (χ3v) is 7.81. The van der Waals surface area contributed by atoms with Crippen LogP contribution in [0.1, 0.15) is 78.0 Å². The largest absolute Gasteiger partial charge is 0.480 e. The van der Waals surface area contributed by atoms with Crippen molar-refractivity contribution in [2.24, 2.45) is 5.92 Å². The number of nitrogens with zero attached hydrogens (tertiary/aromatic N) is 2. The van der Waals surface area contributed by atoms with Gasteiger partial charge in [-0.3, -0.25) is 9.59 Å². The molecule has 1 saturated heterocycles. The smallest absolute Gasteiger partial charge is 0.326 e. The molecule has 2 unspecified atom stereocenters. The van der Waals surface area contributed by atoms with Crippen LogP contribution in [0.25, 0.3) is 10.9 Å². The highest BCUT2D eigenvalue weighted by molar-refractivity contribution is 5.94. The Bertz CT molecular complexity index is 1290. The molecule has 5 atom stereocenters. The van der Waals surface area contributed by atoms with Crippen molar-refractivity contribution < 1.29 is 24.3 Å². The quantitative estimate of drug-likeness (QED) is 0.279.